The number of aryl methyl sites for hydroxylation is 1. The normalized spacial score (nSPS) is 20.3. The van der Waals surface area contributed by atoms with Crippen LogP contribution >= 0.6 is 0 Å². The van der Waals surface area contributed by atoms with Gasteiger partial charge in [0.2, 0.25) is 0 Å². The van der Waals surface area contributed by atoms with Crippen LogP contribution in [0.5, 0.6) is 0 Å². The van der Waals surface area contributed by atoms with E-state index in [2.05, 4.69) is 6.07 Å². The van der Waals surface area contributed by atoms with Crippen molar-refractivity contribution < 1.29 is 4.39 Å². The molecule has 1 aromatic rings. The van der Waals surface area contributed by atoms with Gasteiger partial charge >= 0.3 is 0 Å². The molecule has 0 amide bonds. The van der Waals surface area contributed by atoms with E-state index in [1.807, 2.05) is 30.0 Å². The molecule has 0 radical (unpaired) electrons. The van der Waals surface area contributed by atoms with Gasteiger partial charge in [0, 0.05) is 13.1 Å². The van der Waals surface area contributed by atoms with E-state index in [-0.39, 0.29) is 0 Å². The minimum absolute atomic E-state index is 0.414. The summed E-state index contributed by atoms with van der Waals surface area (Å²) < 4.78 is 13.0. The summed E-state index contributed by atoms with van der Waals surface area (Å²) in [5, 5.41) is 9.00. The molecule has 78 valence electrons. The molecule has 0 bridgehead atoms. The Morgan fingerprint density at radius 1 is 1.53 bits per heavy atom. The van der Waals surface area contributed by atoms with Crippen LogP contribution in [0.15, 0.2) is 18.2 Å². The fourth-order valence-corrected chi connectivity index (χ4v) is 1.95. The molecule has 0 N–H and O–H groups in total. The first kappa shape index (κ1) is 9.97. The van der Waals surface area contributed by atoms with E-state index in [1.165, 1.54) is 0 Å². The predicted octanol–water partition coefficient (Wildman–Crippen LogP) is 2.41. The van der Waals surface area contributed by atoms with Gasteiger partial charge in [-0.3, -0.25) is 0 Å². The third-order valence-electron chi connectivity index (χ3n) is 2.74. The summed E-state index contributed by atoms with van der Waals surface area (Å²) in [5.74, 6) is 0. The van der Waals surface area contributed by atoms with Crippen molar-refractivity contribution in [2.45, 2.75) is 19.5 Å². The highest BCUT2D eigenvalue weighted by Crippen LogP contribution is 2.26. The molecule has 15 heavy (non-hydrogen) atoms. The van der Waals surface area contributed by atoms with Crippen molar-refractivity contribution in [1.82, 2.24) is 0 Å². The molecule has 0 aromatic heterocycles. The number of nitrogens with zero attached hydrogens (tertiary/aromatic N) is 2. The van der Waals surface area contributed by atoms with Crippen LogP contribution in [0.2, 0.25) is 0 Å². The number of halogens is 1. The Morgan fingerprint density at radius 2 is 2.33 bits per heavy atom. The molecule has 0 aliphatic carbocycles. The molecule has 2 rings (SSSR count). The molecule has 3 heteroatoms. The van der Waals surface area contributed by atoms with Gasteiger partial charge in [-0.1, -0.05) is 6.07 Å². The molecular formula is C12H13FN2. The number of hydrogen-bond donors (Lipinski definition) is 0. The van der Waals surface area contributed by atoms with E-state index < -0.39 is 6.17 Å². The number of alkyl halides is 1. The maximum absolute atomic E-state index is 13.0. The minimum atomic E-state index is -0.752. The lowest BCUT2D eigenvalue weighted by molar-refractivity contribution is 0.364. The lowest BCUT2D eigenvalue weighted by Gasteiger charge is -2.19. The average Bonchev–Trinajstić information content (AvgIpc) is 2.64. The van der Waals surface area contributed by atoms with Crippen molar-refractivity contribution in [1.29, 1.82) is 5.26 Å². The third kappa shape index (κ3) is 1.94. The van der Waals surface area contributed by atoms with Gasteiger partial charge in [0.15, 0.2) is 0 Å². The Balaban J connectivity index is 2.32. The van der Waals surface area contributed by atoms with Crippen molar-refractivity contribution in [3.05, 3.63) is 29.3 Å². The zero-order valence-corrected chi connectivity index (χ0v) is 8.70. The Kier molecular flexibility index (Phi) is 2.59. The van der Waals surface area contributed by atoms with Gasteiger partial charge in [-0.25, -0.2) is 4.39 Å². The number of anilines is 1. The fourth-order valence-electron chi connectivity index (χ4n) is 1.95. The van der Waals surface area contributed by atoms with Crippen LogP contribution in [-0.2, 0) is 0 Å². The van der Waals surface area contributed by atoms with Gasteiger partial charge in [-0.05, 0) is 31.0 Å². The number of benzene rings is 1. The van der Waals surface area contributed by atoms with E-state index in [0.29, 0.717) is 25.1 Å². The first-order valence-corrected chi connectivity index (χ1v) is 5.10. The monoisotopic (exact) mass is 204 g/mol. The third-order valence-corrected chi connectivity index (χ3v) is 2.74. The van der Waals surface area contributed by atoms with Crippen LogP contribution in [-0.4, -0.2) is 19.3 Å². The minimum Gasteiger partial charge on any atom is -0.367 e. The molecule has 0 saturated carbocycles. The number of hydrogen-bond acceptors (Lipinski definition) is 2. The Bertz CT molecular complexity index is 409. The second-order valence-electron chi connectivity index (χ2n) is 3.96. The summed E-state index contributed by atoms with van der Waals surface area (Å²) in [6.45, 7) is 3.07. The van der Waals surface area contributed by atoms with Crippen LogP contribution in [0.25, 0.3) is 0 Å². The van der Waals surface area contributed by atoms with Crippen molar-refractivity contribution >= 4 is 5.69 Å². The van der Waals surface area contributed by atoms with Gasteiger partial charge in [-0.2, -0.15) is 5.26 Å². The van der Waals surface area contributed by atoms with Gasteiger partial charge in [-0.15, -0.1) is 0 Å². The summed E-state index contributed by atoms with van der Waals surface area (Å²) >= 11 is 0. The van der Waals surface area contributed by atoms with Gasteiger partial charge in [0.25, 0.3) is 0 Å². The van der Waals surface area contributed by atoms with E-state index in [9.17, 15) is 4.39 Å². The Hall–Kier alpha value is -1.56. The van der Waals surface area contributed by atoms with E-state index in [0.717, 1.165) is 11.3 Å². The molecule has 1 aliphatic rings. The van der Waals surface area contributed by atoms with Gasteiger partial charge < -0.3 is 4.90 Å². The molecule has 1 saturated heterocycles. The Labute approximate surface area is 88.9 Å². The van der Waals surface area contributed by atoms with Crippen LogP contribution in [0.1, 0.15) is 17.5 Å². The van der Waals surface area contributed by atoms with Crippen molar-refractivity contribution in [3.63, 3.8) is 0 Å². The molecule has 2 nitrogen and oxygen atoms in total. The zero-order valence-electron chi connectivity index (χ0n) is 8.70. The van der Waals surface area contributed by atoms with E-state index >= 15 is 0 Å². The zero-order chi connectivity index (χ0) is 10.8. The van der Waals surface area contributed by atoms with Crippen molar-refractivity contribution in [2.75, 3.05) is 18.0 Å². The van der Waals surface area contributed by atoms with E-state index in [1.54, 1.807) is 0 Å². The lowest BCUT2D eigenvalue weighted by atomic mass is 10.1. The Morgan fingerprint density at radius 3 is 2.93 bits per heavy atom. The summed E-state index contributed by atoms with van der Waals surface area (Å²) in [4.78, 5) is 1.95. The summed E-state index contributed by atoms with van der Waals surface area (Å²) in [6.07, 6.45) is -0.184. The number of nitriles is 1. The van der Waals surface area contributed by atoms with Crippen molar-refractivity contribution in [2.24, 2.45) is 0 Å². The molecule has 1 aliphatic heterocycles. The summed E-state index contributed by atoms with van der Waals surface area (Å²) in [7, 11) is 0. The van der Waals surface area contributed by atoms with Crippen LogP contribution in [0, 0.1) is 18.3 Å². The summed E-state index contributed by atoms with van der Waals surface area (Å²) in [5.41, 5.74) is 2.57. The quantitative estimate of drug-likeness (QED) is 0.702. The lowest BCUT2D eigenvalue weighted by Crippen LogP contribution is -2.20. The highest BCUT2D eigenvalue weighted by Gasteiger charge is 2.23. The fraction of sp³-hybridized carbons (Fsp3) is 0.417. The maximum Gasteiger partial charge on any atom is 0.119 e. The maximum atomic E-state index is 13.0. The predicted molar refractivity (Wildman–Crippen MR) is 57.6 cm³/mol. The van der Waals surface area contributed by atoms with Crippen molar-refractivity contribution in [3.8, 4) is 6.07 Å². The standard InChI is InChI=1S/C12H13FN2/c1-9-2-3-12(10(6-9)7-14)15-5-4-11(13)8-15/h2-3,6,11H,4-5,8H2,1H3/t11-/m1/s1. The van der Waals surface area contributed by atoms with E-state index in [4.69, 9.17) is 5.26 Å². The molecule has 1 aromatic carbocycles. The highest BCUT2D eigenvalue weighted by molar-refractivity contribution is 5.61. The molecule has 1 atom stereocenters. The largest absolute Gasteiger partial charge is 0.367 e. The second-order valence-corrected chi connectivity index (χ2v) is 3.96. The van der Waals surface area contributed by atoms with Gasteiger partial charge in [0.05, 0.1) is 11.3 Å². The van der Waals surface area contributed by atoms with Crippen LogP contribution in [0.4, 0.5) is 10.1 Å². The average molecular weight is 204 g/mol. The first-order chi connectivity index (χ1) is 7.20. The first-order valence-electron chi connectivity index (χ1n) is 5.10. The van der Waals surface area contributed by atoms with Gasteiger partial charge in [0.1, 0.15) is 12.2 Å². The topological polar surface area (TPSA) is 27.0 Å². The van der Waals surface area contributed by atoms with Crippen LogP contribution in [0.3, 0.4) is 0 Å². The summed E-state index contributed by atoms with van der Waals surface area (Å²) in [6, 6.07) is 7.88. The number of rotatable bonds is 1. The molecule has 0 unspecified atom stereocenters. The highest BCUT2D eigenvalue weighted by atomic mass is 19.1. The second kappa shape index (κ2) is 3.90. The smallest absolute Gasteiger partial charge is 0.119 e. The molecule has 0 spiro atoms. The van der Waals surface area contributed by atoms with Crippen LogP contribution < -0.4 is 4.90 Å². The molecular weight excluding hydrogens is 191 g/mol. The SMILES string of the molecule is Cc1ccc(N2CC[C@@H](F)C2)c(C#N)c1. The molecule has 1 heterocycles. The molecule has 1 fully saturated rings.